The van der Waals surface area contributed by atoms with E-state index in [4.69, 9.17) is 37.0 Å². The fourth-order valence-electron chi connectivity index (χ4n) is 6.37. The highest BCUT2D eigenvalue weighted by molar-refractivity contribution is 5.74. The standard InChI is InChI=1S/C12H18N2O2.C10H22N2.C5H10O4.C4H10O2/c1-11(2)4-10(14-9-16)5-12(3,6-11)7-13-8-15;1-9(2)4-8(12)5-10(3,6-9)7-11;1-5(2-6,3-7)4(8)9;5-3-1-2-4-6/h10H,4-7H2,1-3H3;8H,4-7,11-12H2,1-3H3;6-7H,2-3H2,1H3,(H,8,9);5-6H,1-4H2. The number of hydrogen-bond donors (Lipinski definition) is 7. The van der Waals surface area contributed by atoms with Gasteiger partial charge in [0.15, 0.2) is 0 Å². The van der Waals surface area contributed by atoms with Crippen LogP contribution in [0.2, 0.25) is 0 Å². The number of aliphatic imine (C=N–C) groups is 2. The number of isocyanates is 2. The van der Waals surface area contributed by atoms with E-state index in [0.717, 1.165) is 51.5 Å². The van der Waals surface area contributed by atoms with E-state index in [1.54, 1.807) is 12.2 Å². The lowest BCUT2D eigenvalue weighted by atomic mass is 9.63. The summed E-state index contributed by atoms with van der Waals surface area (Å²) in [5, 5.41) is 41.3. The van der Waals surface area contributed by atoms with Crippen molar-refractivity contribution >= 4 is 18.1 Å². The van der Waals surface area contributed by atoms with E-state index in [1.807, 2.05) is 0 Å². The highest BCUT2D eigenvalue weighted by atomic mass is 16.4. The van der Waals surface area contributed by atoms with Crippen molar-refractivity contribution in [3.05, 3.63) is 0 Å². The lowest BCUT2D eigenvalue weighted by molar-refractivity contribution is -0.152. The van der Waals surface area contributed by atoms with Crippen LogP contribution in [0.25, 0.3) is 0 Å². The van der Waals surface area contributed by atoms with Crippen LogP contribution < -0.4 is 11.5 Å². The zero-order chi connectivity index (χ0) is 34.0. The summed E-state index contributed by atoms with van der Waals surface area (Å²) in [5.41, 5.74) is 11.1. The van der Waals surface area contributed by atoms with Crippen molar-refractivity contribution in [2.75, 3.05) is 39.5 Å². The van der Waals surface area contributed by atoms with E-state index < -0.39 is 24.6 Å². The Balaban J connectivity index is 0. The number of aliphatic hydroxyl groups excluding tert-OH is 4. The normalized spacial score (nSPS) is 27.2. The van der Waals surface area contributed by atoms with Gasteiger partial charge in [-0.15, -0.1) is 0 Å². The van der Waals surface area contributed by atoms with Gasteiger partial charge in [0.05, 0.1) is 25.8 Å². The summed E-state index contributed by atoms with van der Waals surface area (Å²) in [4.78, 5) is 38.2. The third kappa shape index (κ3) is 18.4. The minimum absolute atomic E-state index is 0.00750. The molecule has 43 heavy (non-hydrogen) atoms. The van der Waals surface area contributed by atoms with Crippen molar-refractivity contribution in [3.63, 3.8) is 0 Å². The van der Waals surface area contributed by atoms with E-state index >= 15 is 0 Å². The van der Waals surface area contributed by atoms with Crippen LogP contribution in [-0.2, 0) is 14.4 Å². The van der Waals surface area contributed by atoms with Crippen molar-refractivity contribution in [1.82, 2.24) is 0 Å². The van der Waals surface area contributed by atoms with Gasteiger partial charge in [-0.25, -0.2) is 19.6 Å². The molecular weight excluding hydrogens is 556 g/mol. The number of carboxylic acids is 1. The Kier molecular flexibility index (Phi) is 20.2. The number of aliphatic carboxylic acids is 1. The van der Waals surface area contributed by atoms with Crippen LogP contribution in [0.15, 0.2) is 9.98 Å². The predicted octanol–water partition coefficient (Wildman–Crippen LogP) is 2.54. The third-order valence-electron chi connectivity index (χ3n) is 7.93. The number of aliphatic hydroxyl groups is 4. The first-order valence-corrected chi connectivity index (χ1v) is 15.0. The summed E-state index contributed by atoms with van der Waals surface area (Å²) in [6.45, 7) is 15.0. The smallest absolute Gasteiger partial charge is 0.314 e. The molecule has 0 amide bonds. The van der Waals surface area contributed by atoms with Gasteiger partial charge < -0.3 is 37.0 Å². The van der Waals surface area contributed by atoms with Crippen LogP contribution in [-0.4, -0.2) is 95.3 Å². The van der Waals surface area contributed by atoms with Crippen molar-refractivity contribution in [1.29, 1.82) is 0 Å². The molecular formula is C31H60N4O8. The van der Waals surface area contributed by atoms with Crippen LogP contribution >= 0.6 is 0 Å². The molecule has 2 saturated carbocycles. The minimum atomic E-state index is -1.39. The average molecular weight is 617 g/mol. The van der Waals surface area contributed by atoms with Crippen molar-refractivity contribution in [2.24, 2.45) is 48.5 Å². The fourth-order valence-corrected chi connectivity index (χ4v) is 6.37. The second-order valence-corrected chi connectivity index (χ2v) is 14.7. The highest BCUT2D eigenvalue weighted by Gasteiger charge is 2.41. The van der Waals surface area contributed by atoms with Crippen LogP contribution in [0.5, 0.6) is 0 Å². The Labute approximate surface area is 258 Å². The van der Waals surface area contributed by atoms with Gasteiger partial charge in [-0.1, -0.05) is 41.5 Å². The molecule has 0 aromatic heterocycles. The third-order valence-corrected chi connectivity index (χ3v) is 7.93. The summed E-state index contributed by atoms with van der Waals surface area (Å²) in [7, 11) is 0. The Hall–Kier alpha value is -2.01. The van der Waals surface area contributed by atoms with Gasteiger partial charge in [0, 0.05) is 19.3 Å². The molecule has 4 atom stereocenters. The zero-order valence-corrected chi connectivity index (χ0v) is 27.6. The van der Waals surface area contributed by atoms with Gasteiger partial charge in [-0.3, -0.25) is 4.79 Å². The molecule has 2 aliphatic rings. The predicted molar refractivity (Wildman–Crippen MR) is 167 cm³/mol. The van der Waals surface area contributed by atoms with Crippen molar-refractivity contribution in [2.45, 2.75) is 112 Å². The van der Waals surface area contributed by atoms with E-state index in [9.17, 15) is 14.4 Å². The Morgan fingerprint density at radius 2 is 1.33 bits per heavy atom. The van der Waals surface area contributed by atoms with Gasteiger partial charge in [-0.2, -0.15) is 0 Å². The molecule has 0 aromatic carbocycles. The van der Waals surface area contributed by atoms with Gasteiger partial charge in [-0.05, 0) is 86.5 Å². The quantitative estimate of drug-likeness (QED) is 0.108. The molecule has 0 spiro atoms. The van der Waals surface area contributed by atoms with Gasteiger partial charge in [0.25, 0.3) is 0 Å². The van der Waals surface area contributed by atoms with Crippen molar-refractivity contribution < 1.29 is 39.9 Å². The average Bonchev–Trinajstić information content (AvgIpc) is 2.89. The van der Waals surface area contributed by atoms with E-state index in [2.05, 4.69) is 51.5 Å². The molecule has 2 aliphatic carbocycles. The monoisotopic (exact) mass is 616 g/mol. The van der Waals surface area contributed by atoms with E-state index in [0.29, 0.717) is 18.0 Å². The number of carbonyl (C=O) groups is 1. The number of hydrogen-bond acceptors (Lipinski definition) is 11. The molecule has 0 aromatic rings. The number of nitrogens with zero attached hydrogens (tertiary/aromatic N) is 2. The number of carboxylic acid groups (broad SMARTS) is 1. The number of rotatable bonds is 10. The minimum Gasteiger partial charge on any atom is -0.481 e. The van der Waals surface area contributed by atoms with Gasteiger partial charge in [0.1, 0.15) is 5.41 Å². The van der Waals surface area contributed by atoms with Gasteiger partial charge in [0.2, 0.25) is 12.2 Å². The first kappa shape index (κ1) is 43.1. The summed E-state index contributed by atoms with van der Waals surface area (Å²) in [6, 6.07) is 0.357. The summed E-state index contributed by atoms with van der Waals surface area (Å²) in [5.74, 6) is -1.19. The lowest BCUT2D eigenvalue weighted by Gasteiger charge is -2.45. The highest BCUT2D eigenvalue weighted by Crippen LogP contribution is 2.47. The molecule has 2 rings (SSSR count). The van der Waals surface area contributed by atoms with Crippen LogP contribution in [0.4, 0.5) is 0 Å². The zero-order valence-electron chi connectivity index (χ0n) is 27.6. The maximum Gasteiger partial charge on any atom is 0.314 e. The summed E-state index contributed by atoms with van der Waals surface area (Å²) >= 11 is 0. The summed E-state index contributed by atoms with van der Waals surface area (Å²) in [6.07, 6.45) is 10.8. The molecule has 9 N–H and O–H groups in total. The van der Waals surface area contributed by atoms with Gasteiger partial charge >= 0.3 is 5.97 Å². The fraction of sp³-hybridized carbons (Fsp3) is 0.903. The molecule has 0 bridgehead atoms. The Morgan fingerprint density at radius 1 is 0.837 bits per heavy atom. The van der Waals surface area contributed by atoms with Crippen molar-refractivity contribution in [3.8, 4) is 0 Å². The maximum atomic E-state index is 10.3. The molecule has 252 valence electrons. The first-order chi connectivity index (χ1) is 19.8. The largest absolute Gasteiger partial charge is 0.481 e. The number of nitrogens with two attached hydrogens (primary N) is 2. The van der Waals surface area contributed by atoms with Crippen LogP contribution in [0.1, 0.15) is 99.8 Å². The molecule has 12 nitrogen and oxygen atoms in total. The molecule has 0 heterocycles. The second-order valence-electron chi connectivity index (χ2n) is 14.7. The SMILES string of the molecule is CC(CO)(CO)C(=O)O.CC1(C)CC(N)CC(C)(CN)C1.CC1(C)CC(N=C=O)CC(C)(CN=C=O)C1.OCCCCO. The lowest BCUT2D eigenvalue weighted by Crippen LogP contribution is -2.45. The van der Waals surface area contributed by atoms with Crippen LogP contribution in [0, 0.1) is 27.1 Å². The molecule has 0 radical (unpaired) electrons. The van der Waals surface area contributed by atoms with E-state index in [1.165, 1.54) is 13.3 Å². The second kappa shape index (κ2) is 20.1. The Bertz CT molecular complexity index is 894. The number of carbonyl (C=O) groups excluding carboxylic acids is 2. The first-order valence-electron chi connectivity index (χ1n) is 15.0. The molecule has 2 fully saturated rings. The van der Waals surface area contributed by atoms with E-state index in [-0.39, 0.29) is 35.5 Å². The molecule has 12 heteroatoms. The van der Waals surface area contributed by atoms with Crippen LogP contribution in [0.3, 0.4) is 0 Å². The topological polar surface area (TPSA) is 229 Å². The molecule has 4 unspecified atom stereocenters. The summed E-state index contributed by atoms with van der Waals surface area (Å²) < 4.78 is 0. The molecule has 0 saturated heterocycles. The Morgan fingerprint density at radius 3 is 1.67 bits per heavy atom. The maximum absolute atomic E-state index is 10.3. The molecule has 0 aliphatic heterocycles. The number of unbranched alkanes of at least 4 members (excludes halogenated alkanes) is 1.